The van der Waals surface area contributed by atoms with Crippen LogP contribution in [-0.4, -0.2) is 40.0 Å². The van der Waals surface area contributed by atoms with Crippen molar-refractivity contribution in [2.24, 2.45) is 0 Å². The Bertz CT molecular complexity index is 1310. The Labute approximate surface area is 197 Å². The van der Waals surface area contributed by atoms with Crippen molar-refractivity contribution in [1.82, 2.24) is 14.8 Å². The van der Waals surface area contributed by atoms with Gasteiger partial charge in [-0.1, -0.05) is 30.3 Å². The van der Waals surface area contributed by atoms with Crippen molar-refractivity contribution in [1.29, 1.82) is 0 Å². The standard InChI is InChI=1S/C26H25N3O3S/c1-16-13-21(17(2)29(16)19-8-6-9-20(14-19)33-3)23(30)15-28-24(31)26(27-25(28)32)12-11-18-7-4-5-10-22(18)26/h4-10,13-14H,11-12,15H2,1-3H3,(H,27,32). The number of amides is 3. The maximum atomic E-state index is 13.4. The van der Waals surface area contributed by atoms with Gasteiger partial charge in [-0.05, 0) is 68.3 Å². The first-order chi connectivity index (χ1) is 15.9. The molecule has 5 rings (SSSR count). The number of rotatable bonds is 5. The average Bonchev–Trinajstić information content (AvgIpc) is 3.42. The predicted octanol–water partition coefficient (Wildman–Crippen LogP) is 4.39. The van der Waals surface area contributed by atoms with Gasteiger partial charge < -0.3 is 9.88 Å². The van der Waals surface area contributed by atoms with Crippen LogP contribution in [0.1, 0.15) is 39.3 Å². The fourth-order valence-electron chi connectivity index (χ4n) is 5.15. The number of nitrogens with one attached hydrogen (secondary N) is 1. The Hall–Kier alpha value is -3.32. The molecule has 0 radical (unpaired) electrons. The highest BCUT2D eigenvalue weighted by Crippen LogP contribution is 2.41. The van der Waals surface area contributed by atoms with Gasteiger partial charge in [-0.15, -0.1) is 11.8 Å². The summed E-state index contributed by atoms with van der Waals surface area (Å²) in [5, 5.41) is 2.89. The number of ketones is 1. The molecule has 1 aromatic heterocycles. The maximum Gasteiger partial charge on any atom is 0.325 e. The molecule has 1 atom stereocenters. The van der Waals surface area contributed by atoms with Crippen LogP contribution in [0.15, 0.2) is 59.5 Å². The van der Waals surface area contributed by atoms with Crippen LogP contribution in [0.3, 0.4) is 0 Å². The molecular weight excluding hydrogens is 434 g/mol. The number of carbonyl (C=O) groups is 3. The minimum atomic E-state index is -1.05. The fraction of sp³-hybridized carbons (Fsp3) is 0.269. The number of aryl methyl sites for hydroxylation is 2. The van der Waals surface area contributed by atoms with E-state index in [1.807, 2.05) is 73.2 Å². The molecule has 1 unspecified atom stereocenters. The van der Waals surface area contributed by atoms with E-state index in [1.165, 1.54) is 0 Å². The molecule has 0 saturated carbocycles. The Morgan fingerprint density at radius 3 is 2.67 bits per heavy atom. The van der Waals surface area contributed by atoms with Crippen LogP contribution in [0.4, 0.5) is 4.79 Å². The van der Waals surface area contributed by atoms with E-state index in [0.717, 1.165) is 44.4 Å². The Morgan fingerprint density at radius 1 is 1.09 bits per heavy atom. The molecule has 1 fully saturated rings. The number of thioether (sulfide) groups is 1. The third kappa shape index (κ3) is 3.30. The lowest BCUT2D eigenvalue weighted by Crippen LogP contribution is -2.42. The lowest BCUT2D eigenvalue weighted by molar-refractivity contribution is -0.131. The summed E-state index contributed by atoms with van der Waals surface area (Å²) in [6.45, 7) is 3.57. The highest BCUT2D eigenvalue weighted by molar-refractivity contribution is 7.98. The molecule has 33 heavy (non-hydrogen) atoms. The van der Waals surface area contributed by atoms with Gasteiger partial charge in [-0.3, -0.25) is 14.5 Å². The second kappa shape index (κ2) is 7.92. The minimum Gasteiger partial charge on any atom is -0.319 e. The summed E-state index contributed by atoms with van der Waals surface area (Å²) < 4.78 is 2.04. The molecule has 1 aliphatic carbocycles. The quantitative estimate of drug-likeness (QED) is 0.349. The molecular formula is C26H25N3O3S. The highest BCUT2D eigenvalue weighted by Gasteiger charge is 2.55. The van der Waals surface area contributed by atoms with Gasteiger partial charge in [0.15, 0.2) is 5.78 Å². The Morgan fingerprint density at radius 2 is 1.88 bits per heavy atom. The summed E-state index contributed by atoms with van der Waals surface area (Å²) in [6, 6.07) is 17.1. The van der Waals surface area contributed by atoms with Crippen LogP contribution in [0.2, 0.25) is 0 Å². The molecule has 1 saturated heterocycles. The van der Waals surface area contributed by atoms with Crippen molar-refractivity contribution >= 4 is 29.5 Å². The molecule has 7 heteroatoms. The van der Waals surface area contributed by atoms with E-state index in [0.29, 0.717) is 12.0 Å². The van der Waals surface area contributed by atoms with E-state index < -0.39 is 11.6 Å². The molecule has 3 aromatic rings. The maximum absolute atomic E-state index is 13.4. The highest BCUT2D eigenvalue weighted by atomic mass is 32.2. The molecule has 1 N–H and O–H groups in total. The van der Waals surface area contributed by atoms with E-state index in [9.17, 15) is 14.4 Å². The summed E-state index contributed by atoms with van der Waals surface area (Å²) in [6.07, 6.45) is 3.26. The van der Waals surface area contributed by atoms with Crippen molar-refractivity contribution in [2.45, 2.75) is 37.1 Å². The molecule has 2 heterocycles. The minimum absolute atomic E-state index is 0.248. The zero-order chi connectivity index (χ0) is 23.3. The molecule has 3 amide bonds. The number of hydrogen-bond donors (Lipinski definition) is 1. The number of aromatic nitrogens is 1. The normalized spacial score (nSPS) is 19.3. The predicted molar refractivity (Wildman–Crippen MR) is 128 cm³/mol. The third-order valence-corrected chi connectivity index (χ3v) is 7.49. The zero-order valence-electron chi connectivity index (χ0n) is 18.8. The fourth-order valence-corrected chi connectivity index (χ4v) is 5.61. The molecule has 1 spiro atoms. The smallest absolute Gasteiger partial charge is 0.319 e. The molecule has 6 nitrogen and oxygen atoms in total. The van der Waals surface area contributed by atoms with Crippen molar-refractivity contribution in [3.63, 3.8) is 0 Å². The summed E-state index contributed by atoms with van der Waals surface area (Å²) >= 11 is 1.66. The van der Waals surface area contributed by atoms with Gasteiger partial charge in [0.2, 0.25) is 0 Å². The summed E-state index contributed by atoms with van der Waals surface area (Å²) in [4.78, 5) is 41.7. The number of nitrogens with zero attached hydrogens (tertiary/aromatic N) is 2. The topological polar surface area (TPSA) is 71.4 Å². The third-order valence-electron chi connectivity index (χ3n) is 6.77. The van der Waals surface area contributed by atoms with E-state index in [1.54, 1.807) is 11.8 Å². The number of fused-ring (bicyclic) bond motifs is 2. The van der Waals surface area contributed by atoms with Crippen LogP contribution in [0.5, 0.6) is 0 Å². The molecule has 1 aliphatic heterocycles. The van der Waals surface area contributed by atoms with Gasteiger partial charge in [-0.25, -0.2) is 4.79 Å². The van der Waals surface area contributed by atoms with Gasteiger partial charge in [0.1, 0.15) is 5.54 Å². The SMILES string of the molecule is CSc1cccc(-n2c(C)cc(C(=O)CN3C(=O)NC4(CCc5ccccc54)C3=O)c2C)c1. The van der Waals surface area contributed by atoms with Gasteiger partial charge in [0, 0.05) is 27.5 Å². The Kier molecular flexibility index (Phi) is 5.16. The van der Waals surface area contributed by atoms with Gasteiger partial charge in [0.05, 0.1) is 6.54 Å². The largest absolute Gasteiger partial charge is 0.325 e. The monoisotopic (exact) mass is 459 g/mol. The van der Waals surface area contributed by atoms with Crippen LogP contribution in [-0.2, 0) is 16.8 Å². The first kappa shape index (κ1) is 21.5. The number of imide groups is 1. The van der Waals surface area contributed by atoms with Crippen LogP contribution < -0.4 is 5.32 Å². The second-order valence-corrected chi connectivity index (χ2v) is 9.51. The zero-order valence-corrected chi connectivity index (χ0v) is 19.7. The summed E-state index contributed by atoms with van der Waals surface area (Å²) in [5.74, 6) is -0.588. The number of urea groups is 1. The second-order valence-electron chi connectivity index (χ2n) is 8.63. The molecule has 2 aromatic carbocycles. The summed E-state index contributed by atoms with van der Waals surface area (Å²) in [7, 11) is 0. The average molecular weight is 460 g/mol. The van der Waals surface area contributed by atoms with Crippen molar-refractivity contribution in [3.8, 4) is 5.69 Å². The number of carbonyl (C=O) groups excluding carboxylic acids is 3. The lowest BCUT2D eigenvalue weighted by Gasteiger charge is -2.22. The first-order valence-corrected chi connectivity index (χ1v) is 12.2. The number of benzene rings is 2. The Balaban J connectivity index is 1.43. The summed E-state index contributed by atoms with van der Waals surface area (Å²) in [5.41, 5.74) is 4.07. The van der Waals surface area contributed by atoms with E-state index in [4.69, 9.17) is 0 Å². The van der Waals surface area contributed by atoms with E-state index in [-0.39, 0.29) is 18.2 Å². The molecule has 168 valence electrons. The van der Waals surface area contributed by atoms with Crippen molar-refractivity contribution in [3.05, 3.63) is 82.7 Å². The van der Waals surface area contributed by atoms with E-state index >= 15 is 0 Å². The van der Waals surface area contributed by atoms with Gasteiger partial charge in [-0.2, -0.15) is 0 Å². The van der Waals surface area contributed by atoms with E-state index in [2.05, 4.69) is 11.4 Å². The van der Waals surface area contributed by atoms with Crippen LogP contribution in [0.25, 0.3) is 5.69 Å². The molecule has 0 bridgehead atoms. The first-order valence-electron chi connectivity index (χ1n) is 10.9. The van der Waals surface area contributed by atoms with Crippen molar-refractivity contribution < 1.29 is 14.4 Å². The van der Waals surface area contributed by atoms with Gasteiger partial charge >= 0.3 is 6.03 Å². The molecule has 2 aliphatic rings. The lowest BCUT2D eigenvalue weighted by atomic mass is 9.92. The van der Waals surface area contributed by atoms with Gasteiger partial charge in [0.25, 0.3) is 5.91 Å². The van der Waals surface area contributed by atoms with Crippen LogP contribution in [0, 0.1) is 13.8 Å². The van der Waals surface area contributed by atoms with Crippen molar-refractivity contribution in [2.75, 3.05) is 12.8 Å². The van der Waals surface area contributed by atoms with Crippen LogP contribution >= 0.6 is 11.8 Å². The number of hydrogen-bond acceptors (Lipinski definition) is 4. The number of Topliss-reactive ketones (excluding diaryl/α,β-unsaturated/α-hetero) is 1.